The smallest absolute Gasteiger partial charge is 0.240 e. The Hall–Kier alpha value is -1.59. The van der Waals surface area contributed by atoms with E-state index in [0.717, 1.165) is 37.1 Å². The molecule has 5 nitrogen and oxygen atoms in total. The van der Waals surface area contributed by atoms with Crippen LogP contribution in [0.2, 0.25) is 0 Å². The van der Waals surface area contributed by atoms with Gasteiger partial charge in [0.25, 0.3) is 0 Å². The molecular formula is C18H28ClN3O2. The average molecular weight is 354 g/mol. The summed E-state index contributed by atoms with van der Waals surface area (Å²) in [6.45, 7) is 5.01. The van der Waals surface area contributed by atoms with Gasteiger partial charge >= 0.3 is 0 Å². The zero-order valence-corrected chi connectivity index (χ0v) is 15.3. The van der Waals surface area contributed by atoms with Gasteiger partial charge in [0.2, 0.25) is 11.8 Å². The van der Waals surface area contributed by atoms with Crippen LogP contribution in [0.15, 0.2) is 24.3 Å². The van der Waals surface area contributed by atoms with Crippen LogP contribution in [0, 0.1) is 0 Å². The molecule has 1 aliphatic heterocycles. The Kier molecular flexibility index (Phi) is 7.70. The molecule has 0 aromatic heterocycles. The summed E-state index contributed by atoms with van der Waals surface area (Å²) in [4.78, 5) is 25.9. The highest BCUT2D eigenvalue weighted by Gasteiger charge is 2.26. The first kappa shape index (κ1) is 20.5. The average Bonchev–Trinajstić information content (AvgIpc) is 2.53. The fourth-order valence-electron chi connectivity index (χ4n) is 2.89. The molecule has 1 atom stereocenters. The lowest BCUT2D eigenvalue weighted by Gasteiger charge is -2.27. The van der Waals surface area contributed by atoms with Crippen LogP contribution in [0.1, 0.15) is 51.5 Å². The molecule has 0 bridgehead atoms. The van der Waals surface area contributed by atoms with Crippen molar-refractivity contribution in [3.63, 3.8) is 0 Å². The van der Waals surface area contributed by atoms with E-state index in [1.165, 1.54) is 0 Å². The van der Waals surface area contributed by atoms with E-state index < -0.39 is 5.54 Å². The molecule has 1 aromatic carbocycles. The molecule has 2 rings (SSSR count). The first-order valence-electron chi connectivity index (χ1n) is 8.40. The lowest BCUT2D eigenvalue weighted by Crippen LogP contribution is -2.51. The molecule has 1 heterocycles. The van der Waals surface area contributed by atoms with Gasteiger partial charge in [0.15, 0.2) is 0 Å². The fraction of sp³-hybridized carbons (Fsp3) is 0.556. The zero-order valence-electron chi connectivity index (χ0n) is 14.5. The summed E-state index contributed by atoms with van der Waals surface area (Å²) < 4.78 is 0. The van der Waals surface area contributed by atoms with Gasteiger partial charge in [-0.2, -0.15) is 0 Å². The second kappa shape index (κ2) is 9.04. The molecular weight excluding hydrogens is 326 g/mol. The predicted molar refractivity (Wildman–Crippen MR) is 99.2 cm³/mol. The highest BCUT2D eigenvalue weighted by Crippen LogP contribution is 2.21. The number of piperidine rings is 1. The molecule has 1 unspecified atom stereocenters. The van der Waals surface area contributed by atoms with Crippen molar-refractivity contribution in [3.05, 3.63) is 29.8 Å². The van der Waals surface area contributed by atoms with E-state index in [4.69, 9.17) is 5.73 Å². The van der Waals surface area contributed by atoms with E-state index in [9.17, 15) is 9.59 Å². The number of hydrogen-bond donors (Lipinski definition) is 2. The summed E-state index contributed by atoms with van der Waals surface area (Å²) in [5.74, 6) is 0.0606. The van der Waals surface area contributed by atoms with Crippen LogP contribution in [0.4, 0.5) is 5.69 Å². The summed E-state index contributed by atoms with van der Waals surface area (Å²) in [6, 6.07) is 7.78. The predicted octanol–water partition coefficient (Wildman–Crippen LogP) is 2.76. The number of nitrogens with zero attached hydrogens (tertiary/aromatic N) is 1. The number of benzene rings is 1. The molecule has 134 valence electrons. The van der Waals surface area contributed by atoms with Gasteiger partial charge < -0.3 is 16.0 Å². The largest absolute Gasteiger partial charge is 0.350 e. The molecule has 3 N–H and O–H groups in total. The molecule has 2 amide bonds. The number of nitrogens with two attached hydrogens (primary N) is 1. The number of rotatable bonds is 6. The molecule has 1 fully saturated rings. The molecule has 24 heavy (non-hydrogen) atoms. The van der Waals surface area contributed by atoms with Crippen molar-refractivity contribution in [1.29, 1.82) is 0 Å². The van der Waals surface area contributed by atoms with Crippen molar-refractivity contribution in [3.8, 4) is 0 Å². The molecule has 6 heteroatoms. The summed E-state index contributed by atoms with van der Waals surface area (Å²) >= 11 is 0. The van der Waals surface area contributed by atoms with Crippen LogP contribution in [-0.2, 0) is 16.1 Å². The van der Waals surface area contributed by atoms with Gasteiger partial charge in [-0.05, 0) is 43.9 Å². The second-order valence-electron chi connectivity index (χ2n) is 6.52. The van der Waals surface area contributed by atoms with Crippen LogP contribution < -0.4 is 16.0 Å². The topological polar surface area (TPSA) is 75.4 Å². The minimum Gasteiger partial charge on any atom is -0.350 e. The van der Waals surface area contributed by atoms with Crippen molar-refractivity contribution in [2.45, 2.75) is 58.0 Å². The van der Waals surface area contributed by atoms with Crippen molar-refractivity contribution >= 4 is 29.9 Å². The van der Waals surface area contributed by atoms with Gasteiger partial charge in [-0.3, -0.25) is 9.59 Å². The minimum absolute atomic E-state index is 0. The van der Waals surface area contributed by atoms with E-state index in [2.05, 4.69) is 5.32 Å². The number of hydrogen-bond acceptors (Lipinski definition) is 3. The third-order valence-electron chi connectivity index (χ3n) is 4.31. The Balaban J connectivity index is 0.00000288. The van der Waals surface area contributed by atoms with E-state index in [1.54, 1.807) is 6.92 Å². The Labute approximate surface area is 150 Å². The third-order valence-corrected chi connectivity index (χ3v) is 4.31. The van der Waals surface area contributed by atoms with Crippen molar-refractivity contribution in [2.75, 3.05) is 11.4 Å². The van der Waals surface area contributed by atoms with Crippen LogP contribution >= 0.6 is 12.4 Å². The van der Waals surface area contributed by atoms with E-state index >= 15 is 0 Å². The Bertz CT molecular complexity index is 558. The van der Waals surface area contributed by atoms with E-state index in [0.29, 0.717) is 19.4 Å². The first-order chi connectivity index (χ1) is 10.9. The number of nitrogens with one attached hydrogen (secondary N) is 1. The monoisotopic (exact) mass is 353 g/mol. The standard InChI is InChI=1S/C18H27N3O2.ClH/c1-3-11-18(2,19)17(23)20-13-14-7-9-15(10-8-14)21-12-5-4-6-16(21)22;/h7-10H,3-6,11-13,19H2,1-2H3,(H,20,23);1H. The van der Waals surface area contributed by atoms with Crippen molar-refractivity contribution < 1.29 is 9.59 Å². The number of carbonyl (C=O) groups is 2. The maximum absolute atomic E-state index is 12.1. The minimum atomic E-state index is -0.824. The van der Waals surface area contributed by atoms with Crippen molar-refractivity contribution in [2.24, 2.45) is 5.73 Å². The van der Waals surface area contributed by atoms with Crippen LogP contribution in [-0.4, -0.2) is 23.9 Å². The zero-order chi connectivity index (χ0) is 16.9. The molecule has 0 spiro atoms. The van der Waals surface area contributed by atoms with Crippen molar-refractivity contribution in [1.82, 2.24) is 5.32 Å². The molecule has 1 aromatic rings. The highest BCUT2D eigenvalue weighted by atomic mass is 35.5. The summed E-state index contributed by atoms with van der Waals surface area (Å²) in [5.41, 5.74) is 7.12. The maximum atomic E-state index is 12.1. The van der Waals surface area contributed by atoms with Gasteiger partial charge in [0.05, 0.1) is 5.54 Å². The van der Waals surface area contributed by atoms with Gasteiger partial charge in [-0.25, -0.2) is 0 Å². The Morgan fingerprint density at radius 1 is 1.29 bits per heavy atom. The van der Waals surface area contributed by atoms with Crippen LogP contribution in [0.3, 0.4) is 0 Å². The second-order valence-corrected chi connectivity index (χ2v) is 6.52. The van der Waals surface area contributed by atoms with E-state index in [1.807, 2.05) is 36.1 Å². The third kappa shape index (κ3) is 5.21. The Morgan fingerprint density at radius 3 is 2.54 bits per heavy atom. The Morgan fingerprint density at radius 2 is 1.96 bits per heavy atom. The lowest BCUT2D eigenvalue weighted by molar-refractivity contribution is -0.126. The highest BCUT2D eigenvalue weighted by molar-refractivity contribution is 5.94. The SMILES string of the molecule is CCCC(C)(N)C(=O)NCc1ccc(N2CCCCC2=O)cc1.Cl. The van der Waals surface area contributed by atoms with Crippen LogP contribution in [0.5, 0.6) is 0 Å². The van der Waals surface area contributed by atoms with Gasteiger partial charge in [-0.15, -0.1) is 12.4 Å². The van der Waals surface area contributed by atoms with Gasteiger partial charge in [0.1, 0.15) is 0 Å². The number of anilines is 1. The quantitative estimate of drug-likeness (QED) is 0.825. The molecule has 1 saturated heterocycles. The normalized spacial score (nSPS) is 17.0. The molecule has 0 saturated carbocycles. The van der Waals surface area contributed by atoms with Gasteiger partial charge in [-0.1, -0.05) is 25.5 Å². The maximum Gasteiger partial charge on any atom is 0.240 e. The number of amides is 2. The number of carbonyl (C=O) groups excluding carboxylic acids is 2. The van der Waals surface area contributed by atoms with E-state index in [-0.39, 0.29) is 24.2 Å². The molecule has 1 aliphatic rings. The number of halogens is 1. The first-order valence-corrected chi connectivity index (χ1v) is 8.40. The summed E-state index contributed by atoms with van der Waals surface area (Å²) in [7, 11) is 0. The summed E-state index contributed by atoms with van der Waals surface area (Å²) in [5, 5.41) is 2.89. The molecule has 0 aliphatic carbocycles. The molecule has 0 radical (unpaired) electrons. The van der Waals surface area contributed by atoms with Gasteiger partial charge in [0, 0.05) is 25.2 Å². The summed E-state index contributed by atoms with van der Waals surface area (Å²) in [6.07, 6.45) is 4.20. The van der Waals surface area contributed by atoms with Crippen LogP contribution in [0.25, 0.3) is 0 Å². The fourth-order valence-corrected chi connectivity index (χ4v) is 2.89. The lowest BCUT2D eigenvalue weighted by atomic mass is 9.96.